The van der Waals surface area contributed by atoms with E-state index in [2.05, 4.69) is 5.32 Å². The van der Waals surface area contributed by atoms with Crippen molar-refractivity contribution in [3.63, 3.8) is 0 Å². The van der Waals surface area contributed by atoms with Gasteiger partial charge in [0.2, 0.25) is 0 Å². The number of hydrogen-bond acceptors (Lipinski definition) is 4. The number of nitrogens with one attached hydrogen (secondary N) is 1. The van der Waals surface area contributed by atoms with Crippen LogP contribution in [-0.4, -0.2) is 27.0 Å². The maximum Gasteiger partial charge on any atom is 0.257 e. The number of rotatable bonds is 4. The Morgan fingerprint density at radius 3 is 2.56 bits per heavy atom. The van der Waals surface area contributed by atoms with Crippen molar-refractivity contribution in [2.24, 2.45) is 0 Å². The van der Waals surface area contributed by atoms with E-state index in [9.17, 15) is 4.79 Å². The van der Waals surface area contributed by atoms with Crippen LogP contribution in [0, 0.1) is 6.92 Å². The molecule has 0 saturated carbocycles. The molecule has 0 aliphatic carbocycles. The van der Waals surface area contributed by atoms with Crippen LogP contribution in [0.3, 0.4) is 0 Å². The minimum atomic E-state index is -0.227. The number of fused-ring (bicyclic) bond motifs is 2. The van der Waals surface area contributed by atoms with E-state index in [1.807, 2.05) is 66.9 Å². The normalized spacial score (nSPS) is 11.2. The quantitative estimate of drug-likeness (QED) is 0.583. The van der Waals surface area contributed by atoms with Gasteiger partial charge < -0.3 is 11.1 Å². The zero-order valence-electron chi connectivity index (χ0n) is 15.4. The van der Waals surface area contributed by atoms with E-state index in [0.717, 1.165) is 28.7 Å². The van der Waals surface area contributed by atoms with E-state index in [-0.39, 0.29) is 5.91 Å². The Kier molecular flexibility index (Phi) is 4.24. The summed E-state index contributed by atoms with van der Waals surface area (Å²) in [6.07, 6.45) is 0.844. The Morgan fingerprint density at radius 1 is 1.11 bits per heavy atom. The van der Waals surface area contributed by atoms with Gasteiger partial charge >= 0.3 is 0 Å². The fraction of sp³-hybridized carbons (Fsp3) is 0.190. The zero-order valence-corrected chi connectivity index (χ0v) is 15.4. The molecule has 4 rings (SSSR count). The smallest absolute Gasteiger partial charge is 0.257 e. The molecule has 2 aromatic carbocycles. The molecule has 0 radical (unpaired) electrons. The van der Waals surface area contributed by atoms with Crippen LogP contribution in [0.5, 0.6) is 0 Å². The number of nitrogens with zero attached hydrogens (tertiary/aromatic N) is 3. The number of carbonyl (C=O) groups excluding carboxylic acids is 1. The van der Waals surface area contributed by atoms with E-state index in [4.69, 9.17) is 15.7 Å². The van der Waals surface area contributed by atoms with Gasteiger partial charge in [-0.1, -0.05) is 31.2 Å². The number of nitrogens with two attached hydrogens (primary N) is 1. The van der Waals surface area contributed by atoms with Crippen molar-refractivity contribution in [1.82, 2.24) is 19.9 Å². The zero-order chi connectivity index (χ0) is 19.0. The lowest BCUT2D eigenvalue weighted by Gasteiger charge is -2.09. The molecule has 0 aliphatic rings. The summed E-state index contributed by atoms with van der Waals surface area (Å²) in [5, 5.41) is 2.91. The first-order valence-corrected chi connectivity index (χ1v) is 9.02. The summed E-state index contributed by atoms with van der Waals surface area (Å²) in [4.78, 5) is 22.3. The summed E-state index contributed by atoms with van der Waals surface area (Å²) in [7, 11) is 0. The molecular formula is C21H21N5O. The van der Waals surface area contributed by atoms with Gasteiger partial charge in [-0.05, 0) is 43.2 Å². The van der Waals surface area contributed by atoms with Crippen LogP contribution in [0.25, 0.3) is 27.9 Å². The van der Waals surface area contributed by atoms with Gasteiger partial charge in [0.05, 0.1) is 11.0 Å². The van der Waals surface area contributed by atoms with Gasteiger partial charge in [0.25, 0.3) is 5.91 Å². The Labute approximate surface area is 157 Å². The van der Waals surface area contributed by atoms with Gasteiger partial charge in [-0.25, -0.2) is 9.97 Å². The second-order valence-electron chi connectivity index (χ2n) is 6.58. The van der Waals surface area contributed by atoms with Crippen LogP contribution in [0.4, 0.5) is 5.82 Å². The second kappa shape index (κ2) is 6.72. The van der Waals surface area contributed by atoms with Gasteiger partial charge in [0.15, 0.2) is 5.65 Å². The van der Waals surface area contributed by atoms with Crippen LogP contribution in [-0.2, 0) is 0 Å². The number of aryl methyl sites for hydroxylation is 1. The average Bonchev–Trinajstić information content (AvgIpc) is 2.95. The minimum absolute atomic E-state index is 0.227. The minimum Gasteiger partial charge on any atom is -0.384 e. The van der Waals surface area contributed by atoms with Crippen LogP contribution in [0.15, 0.2) is 48.5 Å². The van der Waals surface area contributed by atoms with Gasteiger partial charge in [-0.2, -0.15) is 0 Å². The molecule has 0 spiro atoms. The maximum absolute atomic E-state index is 12.8. The van der Waals surface area contributed by atoms with E-state index < -0.39 is 0 Å². The van der Waals surface area contributed by atoms with Crippen LogP contribution in [0.2, 0.25) is 0 Å². The van der Waals surface area contributed by atoms with Crippen LogP contribution < -0.4 is 11.1 Å². The molecule has 3 N–H and O–H groups in total. The highest BCUT2D eigenvalue weighted by molar-refractivity contribution is 6.11. The molecule has 27 heavy (non-hydrogen) atoms. The lowest BCUT2D eigenvalue weighted by molar-refractivity contribution is 0.0956. The number of nitrogen functional groups attached to an aromatic ring is 1. The highest BCUT2D eigenvalue weighted by atomic mass is 16.1. The summed E-state index contributed by atoms with van der Waals surface area (Å²) in [5.41, 5.74) is 11.4. The molecule has 0 aliphatic heterocycles. The highest BCUT2D eigenvalue weighted by Crippen LogP contribution is 2.31. The van der Waals surface area contributed by atoms with E-state index in [0.29, 0.717) is 29.1 Å². The third kappa shape index (κ3) is 2.89. The van der Waals surface area contributed by atoms with E-state index in [1.54, 1.807) is 0 Å². The molecule has 0 atom stereocenters. The molecular weight excluding hydrogens is 338 g/mol. The number of hydrogen-bond donors (Lipinski definition) is 2. The van der Waals surface area contributed by atoms with Crippen molar-refractivity contribution in [2.45, 2.75) is 20.3 Å². The van der Waals surface area contributed by atoms with Gasteiger partial charge in [0.1, 0.15) is 16.9 Å². The number of aromatic nitrogens is 3. The predicted octanol–water partition coefficient (Wildman–Crippen LogP) is 3.60. The van der Waals surface area contributed by atoms with E-state index >= 15 is 0 Å². The molecule has 0 bridgehead atoms. The van der Waals surface area contributed by atoms with Gasteiger partial charge in [-0.3, -0.25) is 9.36 Å². The van der Waals surface area contributed by atoms with Gasteiger partial charge in [0, 0.05) is 12.2 Å². The summed E-state index contributed by atoms with van der Waals surface area (Å²) in [6.45, 7) is 4.60. The van der Waals surface area contributed by atoms with E-state index in [1.165, 1.54) is 0 Å². The first-order chi connectivity index (χ1) is 13.1. The maximum atomic E-state index is 12.8. The highest BCUT2D eigenvalue weighted by Gasteiger charge is 2.24. The fourth-order valence-corrected chi connectivity index (χ4v) is 3.24. The number of amides is 1. The third-order valence-corrected chi connectivity index (χ3v) is 4.52. The Balaban J connectivity index is 2.05. The molecule has 2 heterocycles. The molecule has 0 unspecified atom stereocenters. The van der Waals surface area contributed by atoms with Crippen molar-refractivity contribution in [1.29, 1.82) is 0 Å². The molecule has 4 aromatic rings. The Morgan fingerprint density at radius 2 is 1.85 bits per heavy atom. The SMILES string of the molecule is CCCNC(=O)c1c(N)n(-c2cccc(C)c2)c2nc3ccccc3nc12. The number of benzene rings is 2. The van der Waals surface area contributed by atoms with Crippen LogP contribution >= 0.6 is 0 Å². The van der Waals surface area contributed by atoms with Crippen molar-refractivity contribution < 1.29 is 4.79 Å². The van der Waals surface area contributed by atoms with Crippen molar-refractivity contribution >= 4 is 33.9 Å². The molecule has 2 aromatic heterocycles. The summed E-state index contributed by atoms with van der Waals surface area (Å²) in [6, 6.07) is 15.6. The molecule has 0 fully saturated rings. The van der Waals surface area contributed by atoms with Crippen molar-refractivity contribution in [3.8, 4) is 5.69 Å². The monoisotopic (exact) mass is 359 g/mol. The second-order valence-corrected chi connectivity index (χ2v) is 6.58. The summed E-state index contributed by atoms with van der Waals surface area (Å²) in [5.74, 6) is 0.120. The molecule has 6 nitrogen and oxygen atoms in total. The average molecular weight is 359 g/mol. The fourth-order valence-electron chi connectivity index (χ4n) is 3.24. The first-order valence-electron chi connectivity index (χ1n) is 9.02. The molecule has 0 saturated heterocycles. The first kappa shape index (κ1) is 17.0. The van der Waals surface area contributed by atoms with Crippen molar-refractivity contribution in [3.05, 3.63) is 59.7 Å². The summed E-state index contributed by atoms with van der Waals surface area (Å²) >= 11 is 0. The molecule has 6 heteroatoms. The number of carbonyl (C=O) groups is 1. The summed E-state index contributed by atoms with van der Waals surface area (Å²) < 4.78 is 1.81. The lowest BCUT2D eigenvalue weighted by Crippen LogP contribution is -2.25. The van der Waals surface area contributed by atoms with Crippen molar-refractivity contribution in [2.75, 3.05) is 12.3 Å². The number of anilines is 1. The molecule has 1 amide bonds. The molecule has 136 valence electrons. The standard InChI is InChI=1S/C21H21N5O/c1-3-11-23-21(27)17-18-20(25-16-10-5-4-9-15(16)24-18)26(19(17)22)14-8-6-7-13(2)12-14/h4-10,12H,3,11,22H2,1-2H3,(H,23,27). The number of para-hydroxylation sites is 2. The van der Waals surface area contributed by atoms with Crippen LogP contribution in [0.1, 0.15) is 29.3 Å². The Bertz CT molecular complexity index is 1160. The van der Waals surface area contributed by atoms with Gasteiger partial charge in [-0.15, -0.1) is 0 Å². The predicted molar refractivity (Wildman–Crippen MR) is 108 cm³/mol. The topological polar surface area (TPSA) is 85.8 Å². The largest absolute Gasteiger partial charge is 0.384 e. The lowest BCUT2D eigenvalue weighted by atomic mass is 10.2. The Hall–Kier alpha value is -3.41. The third-order valence-electron chi connectivity index (χ3n) is 4.52.